The molecule has 2 aromatic heterocycles. The summed E-state index contributed by atoms with van der Waals surface area (Å²) in [5.41, 5.74) is 2.03. The van der Waals surface area contributed by atoms with Crippen molar-refractivity contribution in [3.63, 3.8) is 0 Å². The van der Waals surface area contributed by atoms with Crippen molar-refractivity contribution in [2.24, 2.45) is 0 Å². The maximum Gasteiger partial charge on any atom is 0.312 e. The van der Waals surface area contributed by atoms with Crippen LogP contribution in [-0.2, 0) is 20.7 Å². The summed E-state index contributed by atoms with van der Waals surface area (Å²) >= 11 is 13.5. The van der Waals surface area contributed by atoms with Gasteiger partial charge in [0, 0.05) is 21.6 Å². The molecule has 6 nitrogen and oxygen atoms in total. The molecule has 3 aromatic rings. The van der Waals surface area contributed by atoms with Gasteiger partial charge in [0.15, 0.2) is 6.10 Å². The van der Waals surface area contributed by atoms with Crippen molar-refractivity contribution in [2.45, 2.75) is 32.4 Å². The number of halogens is 2. The fourth-order valence-corrected chi connectivity index (χ4v) is 4.06. The highest BCUT2D eigenvalue weighted by atomic mass is 35.5. The fraction of sp³-hybridized carbons (Fsp3) is 0.238. The van der Waals surface area contributed by atoms with E-state index in [-0.39, 0.29) is 12.5 Å². The van der Waals surface area contributed by atoms with Crippen LogP contribution in [0.2, 0.25) is 10.0 Å². The molecule has 0 fully saturated rings. The molecule has 0 saturated carbocycles. The van der Waals surface area contributed by atoms with Crippen LogP contribution in [0, 0.1) is 0 Å². The monoisotopic (exact) mass is 463 g/mol. The molecule has 0 saturated heterocycles. The molecule has 156 valence electrons. The number of hydrogen-bond donors (Lipinski definition) is 1. The van der Waals surface area contributed by atoms with Crippen LogP contribution >= 0.6 is 34.5 Å². The van der Waals surface area contributed by atoms with Gasteiger partial charge in [-0.15, -0.1) is 11.3 Å². The van der Waals surface area contributed by atoms with E-state index in [1.807, 2.05) is 18.2 Å². The Bertz CT molecular complexity index is 1040. The van der Waals surface area contributed by atoms with E-state index >= 15 is 0 Å². The van der Waals surface area contributed by atoms with Gasteiger partial charge < -0.3 is 10.1 Å². The molecule has 1 amide bonds. The lowest BCUT2D eigenvalue weighted by Gasteiger charge is -2.19. The summed E-state index contributed by atoms with van der Waals surface area (Å²) in [4.78, 5) is 33.3. The van der Waals surface area contributed by atoms with Crippen LogP contribution in [0.5, 0.6) is 0 Å². The molecular formula is C21H19Cl2N3O3S. The highest BCUT2D eigenvalue weighted by Gasteiger charge is 2.22. The predicted octanol–water partition coefficient (Wildman–Crippen LogP) is 4.86. The summed E-state index contributed by atoms with van der Waals surface area (Å²) in [7, 11) is 0. The van der Waals surface area contributed by atoms with Gasteiger partial charge >= 0.3 is 5.97 Å². The summed E-state index contributed by atoms with van der Waals surface area (Å²) in [5.74, 6) is -0.956. The van der Waals surface area contributed by atoms with Gasteiger partial charge in [-0.3, -0.25) is 14.6 Å². The normalized spacial score (nSPS) is 12.8. The van der Waals surface area contributed by atoms with E-state index in [1.54, 1.807) is 36.7 Å². The van der Waals surface area contributed by atoms with E-state index in [9.17, 15) is 9.59 Å². The van der Waals surface area contributed by atoms with Crippen molar-refractivity contribution < 1.29 is 14.3 Å². The second-order valence-corrected chi connectivity index (χ2v) is 8.27. The third-order valence-corrected chi connectivity index (χ3v) is 5.70. The number of aromatic nitrogens is 2. The summed E-state index contributed by atoms with van der Waals surface area (Å²) in [6, 6.07) is 10.2. The van der Waals surface area contributed by atoms with E-state index in [1.165, 1.54) is 18.3 Å². The number of carbonyl (C=O) groups is 2. The zero-order chi connectivity index (χ0) is 21.7. The second-order valence-electron chi connectivity index (χ2n) is 6.56. The summed E-state index contributed by atoms with van der Waals surface area (Å²) < 4.78 is 5.26. The minimum Gasteiger partial charge on any atom is -0.452 e. The molecule has 2 unspecified atom stereocenters. The highest BCUT2D eigenvalue weighted by Crippen LogP contribution is 2.26. The summed E-state index contributed by atoms with van der Waals surface area (Å²) in [6.45, 7) is 3.31. The largest absolute Gasteiger partial charge is 0.452 e. The molecule has 0 bridgehead atoms. The van der Waals surface area contributed by atoms with E-state index in [4.69, 9.17) is 27.9 Å². The van der Waals surface area contributed by atoms with Crippen molar-refractivity contribution in [3.8, 4) is 10.7 Å². The predicted molar refractivity (Wildman–Crippen MR) is 118 cm³/mol. The van der Waals surface area contributed by atoms with E-state index < -0.39 is 18.0 Å². The smallest absolute Gasteiger partial charge is 0.312 e. The number of hydrogen-bond acceptors (Lipinski definition) is 6. The molecular weight excluding hydrogens is 445 g/mol. The van der Waals surface area contributed by atoms with E-state index in [0.29, 0.717) is 15.7 Å². The zero-order valence-electron chi connectivity index (χ0n) is 16.3. The number of ether oxygens (including phenoxy) is 1. The van der Waals surface area contributed by atoms with Crippen molar-refractivity contribution in [1.82, 2.24) is 15.3 Å². The number of nitrogens with one attached hydrogen (secondary N) is 1. The number of thiazole rings is 1. The van der Waals surface area contributed by atoms with Gasteiger partial charge in [0.05, 0.1) is 23.9 Å². The molecule has 0 aliphatic rings. The molecule has 3 rings (SSSR count). The minimum atomic E-state index is -0.958. The molecule has 9 heteroatoms. The number of pyridine rings is 1. The lowest BCUT2D eigenvalue weighted by atomic mass is 10.1. The Labute approximate surface area is 188 Å². The molecule has 1 N–H and O–H groups in total. The Hall–Kier alpha value is -2.48. The molecule has 0 spiro atoms. The second kappa shape index (κ2) is 10.0. The molecule has 30 heavy (non-hydrogen) atoms. The quantitative estimate of drug-likeness (QED) is 0.505. The summed E-state index contributed by atoms with van der Waals surface area (Å²) in [6.07, 6.45) is 0.697. The van der Waals surface area contributed by atoms with Crippen molar-refractivity contribution in [2.75, 3.05) is 0 Å². The van der Waals surface area contributed by atoms with Crippen LogP contribution in [0.15, 0.2) is 48.0 Å². The third-order valence-electron chi connectivity index (χ3n) is 4.23. The topological polar surface area (TPSA) is 81.2 Å². The number of benzene rings is 1. The average molecular weight is 464 g/mol. The van der Waals surface area contributed by atoms with Crippen LogP contribution in [0.25, 0.3) is 10.7 Å². The van der Waals surface area contributed by atoms with Crippen LogP contribution in [-0.4, -0.2) is 27.9 Å². The van der Waals surface area contributed by atoms with E-state index in [0.717, 1.165) is 16.3 Å². The number of nitrogens with zero attached hydrogens (tertiary/aromatic N) is 2. The van der Waals surface area contributed by atoms with Gasteiger partial charge in [0.1, 0.15) is 5.01 Å². The van der Waals surface area contributed by atoms with Crippen molar-refractivity contribution >= 4 is 46.4 Å². The number of carbonyl (C=O) groups excluding carboxylic acids is 2. The standard InChI is InChI=1S/C21H19Cl2N3O3S/c1-12(16-7-6-14(22)9-17(16)23)25-20(28)13(2)29-19(27)10-15-11-30-21(26-15)18-5-3-4-8-24-18/h3-9,11-13H,10H2,1-2H3,(H,25,28). The first-order chi connectivity index (χ1) is 14.3. The highest BCUT2D eigenvalue weighted by molar-refractivity contribution is 7.13. The zero-order valence-corrected chi connectivity index (χ0v) is 18.6. The fourth-order valence-electron chi connectivity index (χ4n) is 2.70. The Morgan fingerprint density at radius 2 is 2.00 bits per heavy atom. The number of amides is 1. The Morgan fingerprint density at radius 1 is 1.20 bits per heavy atom. The number of rotatable bonds is 7. The molecule has 2 heterocycles. The van der Waals surface area contributed by atoms with Gasteiger partial charge in [0.2, 0.25) is 0 Å². The minimum absolute atomic E-state index is 0.0283. The van der Waals surface area contributed by atoms with Gasteiger partial charge in [-0.25, -0.2) is 4.98 Å². The van der Waals surface area contributed by atoms with Crippen LogP contribution < -0.4 is 5.32 Å². The Morgan fingerprint density at radius 3 is 2.70 bits per heavy atom. The van der Waals surface area contributed by atoms with Crippen LogP contribution in [0.3, 0.4) is 0 Å². The van der Waals surface area contributed by atoms with Gasteiger partial charge in [-0.1, -0.05) is 35.3 Å². The third kappa shape index (κ3) is 5.78. The molecule has 0 aliphatic heterocycles. The average Bonchev–Trinajstić information content (AvgIpc) is 3.16. The lowest BCUT2D eigenvalue weighted by molar-refractivity contribution is -0.154. The first kappa shape index (κ1) is 22.2. The molecule has 2 atom stereocenters. The van der Waals surface area contributed by atoms with E-state index in [2.05, 4.69) is 15.3 Å². The first-order valence-electron chi connectivity index (χ1n) is 9.14. The Kier molecular flexibility index (Phi) is 7.42. The van der Waals surface area contributed by atoms with Gasteiger partial charge in [-0.2, -0.15) is 0 Å². The van der Waals surface area contributed by atoms with Crippen LogP contribution in [0.1, 0.15) is 31.1 Å². The number of esters is 1. The molecule has 0 aliphatic carbocycles. The molecule has 1 aromatic carbocycles. The van der Waals surface area contributed by atoms with Crippen molar-refractivity contribution in [1.29, 1.82) is 0 Å². The molecule has 0 radical (unpaired) electrons. The first-order valence-corrected chi connectivity index (χ1v) is 10.8. The maximum atomic E-state index is 12.4. The Balaban J connectivity index is 1.53. The van der Waals surface area contributed by atoms with Gasteiger partial charge in [0.25, 0.3) is 5.91 Å². The SMILES string of the molecule is CC(OC(=O)Cc1csc(-c2ccccn2)n1)C(=O)NC(C)c1ccc(Cl)cc1Cl. The lowest BCUT2D eigenvalue weighted by Crippen LogP contribution is -2.37. The maximum absolute atomic E-state index is 12.4. The van der Waals surface area contributed by atoms with Gasteiger partial charge in [-0.05, 0) is 43.7 Å². The van der Waals surface area contributed by atoms with Crippen molar-refractivity contribution in [3.05, 3.63) is 69.3 Å². The summed E-state index contributed by atoms with van der Waals surface area (Å²) in [5, 5.41) is 6.25. The van der Waals surface area contributed by atoms with Crippen LogP contribution in [0.4, 0.5) is 0 Å².